The molecule has 1 aliphatic carbocycles. The summed E-state index contributed by atoms with van der Waals surface area (Å²) in [5.74, 6) is -0.407. The lowest BCUT2D eigenvalue weighted by atomic mass is 9.84. The van der Waals surface area contributed by atoms with Crippen LogP contribution in [0, 0.1) is 5.92 Å². The molecule has 0 spiro atoms. The van der Waals surface area contributed by atoms with Gasteiger partial charge < -0.3 is 9.84 Å². The van der Waals surface area contributed by atoms with Gasteiger partial charge in [0.15, 0.2) is 0 Å². The zero-order chi connectivity index (χ0) is 12.4. The molecule has 17 heavy (non-hydrogen) atoms. The molecular formula is C14H16O3. The molecule has 3 heteroatoms. The Balaban J connectivity index is 2.41. The van der Waals surface area contributed by atoms with Crippen molar-refractivity contribution >= 4 is 11.5 Å². The van der Waals surface area contributed by atoms with Crippen LogP contribution in [0.15, 0.2) is 24.3 Å². The number of allylic oxidation sites excluding steroid dienone is 1. The van der Waals surface area contributed by atoms with Gasteiger partial charge in [-0.15, -0.1) is 0 Å². The predicted molar refractivity (Wildman–Crippen MR) is 66.1 cm³/mol. The Labute approximate surface area is 101 Å². The van der Waals surface area contributed by atoms with Crippen molar-refractivity contribution in [1.82, 2.24) is 0 Å². The quantitative estimate of drug-likeness (QED) is 0.871. The van der Waals surface area contributed by atoms with E-state index in [0.717, 1.165) is 29.7 Å². The van der Waals surface area contributed by atoms with Gasteiger partial charge in [0, 0.05) is 0 Å². The number of carboxylic acid groups (broad SMARTS) is 1. The normalized spacial score (nSPS) is 15.8. The van der Waals surface area contributed by atoms with Crippen molar-refractivity contribution < 1.29 is 14.6 Å². The zero-order valence-electron chi connectivity index (χ0n) is 10.1. The Morgan fingerprint density at radius 3 is 2.88 bits per heavy atom. The van der Waals surface area contributed by atoms with E-state index in [-0.39, 0.29) is 0 Å². The molecule has 1 N–H and O–H groups in total. The number of hydrogen-bond acceptors (Lipinski definition) is 2. The summed E-state index contributed by atoms with van der Waals surface area (Å²) in [4.78, 5) is 11.1. The molecule has 0 radical (unpaired) electrons. The topological polar surface area (TPSA) is 46.5 Å². The average Bonchev–Trinajstić information content (AvgIpc) is 2.36. The first-order chi connectivity index (χ1) is 8.13. The van der Waals surface area contributed by atoms with E-state index in [0.29, 0.717) is 0 Å². The molecule has 90 valence electrons. The molecule has 0 amide bonds. The molecule has 1 atom stereocenters. The van der Waals surface area contributed by atoms with Crippen molar-refractivity contribution in [1.29, 1.82) is 0 Å². The van der Waals surface area contributed by atoms with Crippen molar-refractivity contribution in [2.24, 2.45) is 5.92 Å². The van der Waals surface area contributed by atoms with Crippen molar-refractivity contribution in [3.8, 4) is 5.75 Å². The number of fused-ring (bicyclic) bond motifs is 1. The first-order valence-electron chi connectivity index (χ1n) is 5.73. The van der Waals surface area contributed by atoms with E-state index in [1.165, 1.54) is 5.56 Å². The number of ether oxygens (including phenoxy) is 1. The molecule has 0 aliphatic heterocycles. The lowest BCUT2D eigenvalue weighted by molar-refractivity contribution is -0.139. The molecule has 3 nitrogen and oxygen atoms in total. The van der Waals surface area contributed by atoms with Crippen molar-refractivity contribution in [3.05, 3.63) is 35.4 Å². The van der Waals surface area contributed by atoms with Crippen LogP contribution in [0.2, 0.25) is 0 Å². The third-order valence-electron chi connectivity index (χ3n) is 3.24. The monoisotopic (exact) mass is 232 g/mol. The molecule has 0 aromatic heterocycles. The highest BCUT2D eigenvalue weighted by atomic mass is 16.5. The van der Waals surface area contributed by atoms with Crippen LogP contribution in [0.4, 0.5) is 0 Å². The molecule has 2 rings (SSSR count). The predicted octanol–water partition coefficient (Wildman–Crippen LogP) is 2.75. The zero-order valence-corrected chi connectivity index (χ0v) is 10.1. The number of methoxy groups -OCH3 is 1. The van der Waals surface area contributed by atoms with Gasteiger partial charge in [0.1, 0.15) is 5.75 Å². The molecule has 1 aromatic rings. The van der Waals surface area contributed by atoms with Crippen LogP contribution in [0.25, 0.3) is 5.57 Å². The summed E-state index contributed by atoms with van der Waals surface area (Å²) in [5.41, 5.74) is 3.14. The van der Waals surface area contributed by atoms with Crippen LogP contribution in [0.3, 0.4) is 0 Å². The number of hydrogen-bond donors (Lipinski definition) is 1. The number of carbonyl (C=O) groups is 1. The van der Waals surface area contributed by atoms with E-state index in [2.05, 4.69) is 0 Å². The van der Waals surface area contributed by atoms with Gasteiger partial charge in [-0.2, -0.15) is 0 Å². The molecular weight excluding hydrogens is 216 g/mol. The second kappa shape index (κ2) is 4.62. The van der Waals surface area contributed by atoms with Gasteiger partial charge in [-0.3, -0.25) is 4.79 Å². The molecule has 0 saturated heterocycles. The minimum absolute atomic E-state index is 0.456. The fraction of sp³-hybridized carbons (Fsp3) is 0.357. The van der Waals surface area contributed by atoms with Gasteiger partial charge >= 0.3 is 5.97 Å². The minimum Gasteiger partial charge on any atom is -0.497 e. The third-order valence-corrected chi connectivity index (χ3v) is 3.24. The fourth-order valence-electron chi connectivity index (χ4n) is 2.22. The van der Waals surface area contributed by atoms with E-state index < -0.39 is 11.9 Å². The Kier molecular flexibility index (Phi) is 3.18. The lowest BCUT2D eigenvalue weighted by Gasteiger charge is -2.21. The highest BCUT2D eigenvalue weighted by Gasteiger charge is 2.22. The van der Waals surface area contributed by atoms with Crippen LogP contribution in [-0.2, 0) is 11.2 Å². The first kappa shape index (κ1) is 11.7. The van der Waals surface area contributed by atoms with Crippen molar-refractivity contribution in [3.63, 3.8) is 0 Å². The Bertz CT molecular complexity index is 474. The standard InChI is InChI=1S/C14H16O3/c1-9(14(15)16)12-5-3-4-10-8-11(17-2)6-7-13(10)12/h5-9H,3-4H2,1-2H3,(H,15,16). The van der Waals surface area contributed by atoms with Crippen LogP contribution in [0.5, 0.6) is 5.75 Å². The van der Waals surface area contributed by atoms with Crippen LogP contribution < -0.4 is 4.74 Å². The molecule has 0 heterocycles. The number of benzene rings is 1. The van der Waals surface area contributed by atoms with Crippen LogP contribution in [-0.4, -0.2) is 18.2 Å². The highest BCUT2D eigenvalue weighted by Crippen LogP contribution is 2.33. The molecule has 1 aromatic carbocycles. The molecule has 1 unspecified atom stereocenters. The van der Waals surface area contributed by atoms with Crippen LogP contribution >= 0.6 is 0 Å². The van der Waals surface area contributed by atoms with Crippen LogP contribution in [0.1, 0.15) is 24.5 Å². The second-order valence-electron chi connectivity index (χ2n) is 4.28. The average molecular weight is 232 g/mol. The van der Waals surface area contributed by atoms with E-state index in [4.69, 9.17) is 9.84 Å². The van der Waals surface area contributed by atoms with Gasteiger partial charge in [-0.05, 0) is 48.6 Å². The summed E-state index contributed by atoms with van der Waals surface area (Å²) in [6, 6.07) is 5.84. The van der Waals surface area contributed by atoms with E-state index in [9.17, 15) is 4.79 Å². The van der Waals surface area contributed by atoms with E-state index in [1.807, 2.05) is 24.3 Å². The second-order valence-corrected chi connectivity index (χ2v) is 4.28. The fourth-order valence-corrected chi connectivity index (χ4v) is 2.22. The number of aliphatic carboxylic acids is 1. The Morgan fingerprint density at radius 1 is 1.47 bits per heavy atom. The van der Waals surface area contributed by atoms with Gasteiger partial charge in [0.2, 0.25) is 0 Å². The lowest BCUT2D eigenvalue weighted by Crippen LogP contribution is -2.14. The summed E-state index contributed by atoms with van der Waals surface area (Å²) in [5, 5.41) is 9.10. The maximum absolute atomic E-state index is 11.1. The first-order valence-corrected chi connectivity index (χ1v) is 5.73. The molecule has 0 saturated carbocycles. The van der Waals surface area contributed by atoms with Gasteiger partial charge in [-0.1, -0.05) is 12.1 Å². The van der Waals surface area contributed by atoms with Gasteiger partial charge in [0.25, 0.3) is 0 Å². The smallest absolute Gasteiger partial charge is 0.310 e. The SMILES string of the molecule is COc1ccc2c(c1)CCC=C2C(C)C(=O)O. The summed E-state index contributed by atoms with van der Waals surface area (Å²) < 4.78 is 5.19. The maximum Gasteiger partial charge on any atom is 0.310 e. The molecule has 0 fully saturated rings. The summed E-state index contributed by atoms with van der Waals surface area (Å²) in [7, 11) is 1.64. The minimum atomic E-state index is -0.778. The maximum atomic E-state index is 11.1. The summed E-state index contributed by atoms with van der Waals surface area (Å²) in [6.07, 6.45) is 3.88. The Hall–Kier alpha value is -1.77. The van der Waals surface area contributed by atoms with Crippen molar-refractivity contribution in [2.75, 3.05) is 7.11 Å². The molecule has 1 aliphatic rings. The summed E-state index contributed by atoms with van der Waals surface area (Å²) in [6.45, 7) is 1.73. The van der Waals surface area contributed by atoms with E-state index >= 15 is 0 Å². The largest absolute Gasteiger partial charge is 0.497 e. The van der Waals surface area contributed by atoms with Gasteiger partial charge in [-0.25, -0.2) is 0 Å². The Morgan fingerprint density at radius 2 is 2.24 bits per heavy atom. The number of aryl methyl sites for hydroxylation is 1. The number of carboxylic acids is 1. The summed E-state index contributed by atoms with van der Waals surface area (Å²) >= 11 is 0. The van der Waals surface area contributed by atoms with Gasteiger partial charge in [0.05, 0.1) is 13.0 Å². The third kappa shape index (κ3) is 2.18. The molecule has 0 bridgehead atoms. The highest BCUT2D eigenvalue weighted by molar-refractivity contribution is 5.88. The number of rotatable bonds is 3. The van der Waals surface area contributed by atoms with E-state index in [1.54, 1.807) is 14.0 Å². The van der Waals surface area contributed by atoms with Crippen molar-refractivity contribution in [2.45, 2.75) is 19.8 Å².